The van der Waals surface area contributed by atoms with E-state index >= 15 is 0 Å². The van der Waals surface area contributed by atoms with Gasteiger partial charge >= 0.3 is 0 Å². The van der Waals surface area contributed by atoms with Crippen LogP contribution < -0.4 is 15.4 Å². The number of nitrogens with one attached hydrogen (secondary N) is 2. The van der Waals surface area contributed by atoms with Gasteiger partial charge in [-0.05, 0) is 41.5 Å². The maximum atomic E-state index is 12.4. The lowest BCUT2D eigenvalue weighted by Crippen LogP contribution is -2.43. The van der Waals surface area contributed by atoms with E-state index in [1.807, 2.05) is 36.4 Å². The predicted molar refractivity (Wildman–Crippen MR) is 121 cm³/mol. The molecule has 2 amide bonds. The van der Waals surface area contributed by atoms with E-state index in [1.54, 1.807) is 25.3 Å². The number of hydrogen-bond acceptors (Lipinski definition) is 5. The highest BCUT2D eigenvalue weighted by molar-refractivity contribution is 5.92. The molecule has 1 fully saturated rings. The molecule has 1 aliphatic rings. The van der Waals surface area contributed by atoms with Crippen molar-refractivity contribution in [3.05, 3.63) is 65.7 Å². The van der Waals surface area contributed by atoms with Gasteiger partial charge in [-0.2, -0.15) is 0 Å². The highest BCUT2D eigenvalue weighted by Crippen LogP contribution is 2.23. The van der Waals surface area contributed by atoms with Crippen LogP contribution in [0.2, 0.25) is 0 Å². The summed E-state index contributed by atoms with van der Waals surface area (Å²) in [7, 11) is 1.65. The molecule has 0 aromatic heterocycles. The van der Waals surface area contributed by atoms with Gasteiger partial charge in [0.15, 0.2) is 0 Å². The number of amides is 2. The number of benzene rings is 2. The van der Waals surface area contributed by atoms with E-state index in [2.05, 4.69) is 15.5 Å². The largest absolute Gasteiger partial charge is 0.497 e. The van der Waals surface area contributed by atoms with Crippen LogP contribution in [0.3, 0.4) is 0 Å². The fourth-order valence-corrected chi connectivity index (χ4v) is 3.48. The first kappa shape index (κ1) is 22.5. The average Bonchev–Trinajstić information content (AvgIpc) is 2.79. The van der Waals surface area contributed by atoms with Crippen molar-refractivity contribution in [1.82, 2.24) is 10.2 Å². The summed E-state index contributed by atoms with van der Waals surface area (Å²) in [6, 6.07) is 15.3. The second kappa shape index (κ2) is 11.3. The zero-order chi connectivity index (χ0) is 22.1. The zero-order valence-electron chi connectivity index (χ0n) is 18.0. The molecule has 0 spiro atoms. The molecule has 2 aromatic carbocycles. The molecule has 2 N–H and O–H groups in total. The van der Waals surface area contributed by atoms with Crippen LogP contribution in [0, 0.1) is 0 Å². The third-order valence-corrected chi connectivity index (χ3v) is 5.11. The normalized spacial score (nSPS) is 15.4. The fraction of sp³-hybridized carbons (Fsp3) is 0.333. The van der Waals surface area contributed by atoms with E-state index < -0.39 is 0 Å². The SMILES string of the molecule is COc1ccc(C(CNC(=O)/C=C/c2ccc(NC(C)=O)cc2)N2CCOCC2)cc1. The Morgan fingerprint density at radius 1 is 1.10 bits per heavy atom. The first-order valence-corrected chi connectivity index (χ1v) is 10.3. The number of methoxy groups -OCH3 is 1. The summed E-state index contributed by atoms with van der Waals surface area (Å²) < 4.78 is 10.7. The molecule has 1 saturated heterocycles. The molecule has 0 saturated carbocycles. The van der Waals surface area contributed by atoms with Gasteiger partial charge < -0.3 is 20.1 Å². The highest BCUT2D eigenvalue weighted by Gasteiger charge is 2.23. The number of morpholine rings is 1. The summed E-state index contributed by atoms with van der Waals surface area (Å²) in [5.74, 6) is 0.535. The molecule has 0 radical (unpaired) electrons. The molecule has 164 valence electrons. The number of rotatable bonds is 8. The molecule has 31 heavy (non-hydrogen) atoms. The molecular weight excluding hydrogens is 394 g/mol. The van der Waals surface area contributed by atoms with Crippen molar-refractivity contribution in [3.63, 3.8) is 0 Å². The number of carbonyl (C=O) groups excluding carboxylic acids is 2. The van der Waals surface area contributed by atoms with Gasteiger partial charge in [-0.25, -0.2) is 0 Å². The fourth-order valence-electron chi connectivity index (χ4n) is 3.48. The van der Waals surface area contributed by atoms with Crippen LogP contribution in [0.25, 0.3) is 6.08 Å². The van der Waals surface area contributed by atoms with Crippen molar-refractivity contribution in [3.8, 4) is 5.75 Å². The Morgan fingerprint density at radius 2 is 1.77 bits per heavy atom. The topological polar surface area (TPSA) is 79.9 Å². The van der Waals surface area contributed by atoms with E-state index in [-0.39, 0.29) is 17.9 Å². The number of anilines is 1. The Hall–Kier alpha value is -3.16. The summed E-state index contributed by atoms with van der Waals surface area (Å²) in [5, 5.41) is 5.74. The van der Waals surface area contributed by atoms with E-state index in [9.17, 15) is 9.59 Å². The van der Waals surface area contributed by atoms with E-state index in [4.69, 9.17) is 9.47 Å². The second-order valence-electron chi connectivity index (χ2n) is 7.32. The second-order valence-corrected chi connectivity index (χ2v) is 7.32. The maximum Gasteiger partial charge on any atom is 0.244 e. The average molecular weight is 424 g/mol. The first-order chi connectivity index (χ1) is 15.0. The van der Waals surface area contributed by atoms with Crippen molar-refractivity contribution in [1.29, 1.82) is 0 Å². The van der Waals surface area contributed by atoms with Crippen LogP contribution in [0.5, 0.6) is 5.75 Å². The molecule has 7 nitrogen and oxygen atoms in total. The predicted octanol–water partition coefficient (Wildman–Crippen LogP) is 2.86. The van der Waals surface area contributed by atoms with Gasteiger partial charge in [-0.3, -0.25) is 14.5 Å². The Balaban J connectivity index is 1.61. The van der Waals surface area contributed by atoms with Gasteiger partial charge in [0.05, 0.1) is 26.4 Å². The van der Waals surface area contributed by atoms with Crippen molar-refractivity contribution in [2.45, 2.75) is 13.0 Å². The molecule has 0 bridgehead atoms. The van der Waals surface area contributed by atoms with E-state index in [0.29, 0.717) is 19.8 Å². The quantitative estimate of drug-likeness (QED) is 0.639. The van der Waals surface area contributed by atoms with Crippen LogP contribution in [-0.2, 0) is 14.3 Å². The number of hydrogen-bond donors (Lipinski definition) is 2. The van der Waals surface area contributed by atoms with Crippen LogP contribution in [0.4, 0.5) is 5.69 Å². The minimum absolute atomic E-state index is 0.0593. The molecule has 1 aliphatic heterocycles. The summed E-state index contributed by atoms with van der Waals surface area (Å²) in [6.07, 6.45) is 3.28. The highest BCUT2D eigenvalue weighted by atomic mass is 16.5. The third-order valence-electron chi connectivity index (χ3n) is 5.11. The molecule has 3 rings (SSSR count). The number of carbonyl (C=O) groups is 2. The van der Waals surface area contributed by atoms with E-state index in [1.165, 1.54) is 13.0 Å². The lowest BCUT2D eigenvalue weighted by molar-refractivity contribution is -0.117. The molecule has 1 unspecified atom stereocenters. The lowest BCUT2D eigenvalue weighted by Gasteiger charge is -2.34. The lowest BCUT2D eigenvalue weighted by atomic mass is 10.0. The molecular formula is C24H29N3O4. The molecule has 2 aromatic rings. The van der Waals surface area contributed by atoms with Crippen LogP contribution >= 0.6 is 0 Å². The monoisotopic (exact) mass is 423 g/mol. The number of ether oxygens (including phenoxy) is 2. The van der Waals surface area contributed by atoms with Gasteiger partial charge in [-0.1, -0.05) is 24.3 Å². The van der Waals surface area contributed by atoms with Crippen molar-refractivity contribution >= 4 is 23.6 Å². The Kier molecular flexibility index (Phi) is 8.20. The van der Waals surface area contributed by atoms with Crippen molar-refractivity contribution in [2.24, 2.45) is 0 Å². The molecule has 1 atom stereocenters. The minimum atomic E-state index is -0.155. The summed E-state index contributed by atoms with van der Waals surface area (Å²) in [6.45, 7) is 4.99. The smallest absolute Gasteiger partial charge is 0.244 e. The van der Waals surface area contributed by atoms with Gasteiger partial charge in [0.25, 0.3) is 0 Å². The van der Waals surface area contributed by atoms with Crippen LogP contribution in [0.1, 0.15) is 24.1 Å². The van der Waals surface area contributed by atoms with Gasteiger partial charge in [0.2, 0.25) is 11.8 Å². The van der Waals surface area contributed by atoms with Gasteiger partial charge in [0, 0.05) is 38.3 Å². The Morgan fingerprint density at radius 3 is 2.39 bits per heavy atom. The number of nitrogens with zero attached hydrogens (tertiary/aromatic N) is 1. The third kappa shape index (κ3) is 6.94. The van der Waals surface area contributed by atoms with Crippen molar-refractivity contribution < 1.29 is 19.1 Å². The Labute approximate surface area is 183 Å². The molecule has 1 heterocycles. The van der Waals surface area contributed by atoms with Gasteiger partial charge in [-0.15, -0.1) is 0 Å². The molecule has 0 aliphatic carbocycles. The van der Waals surface area contributed by atoms with Gasteiger partial charge in [0.1, 0.15) is 5.75 Å². The standard InChI is InChI=1S/C24H29N3O4/c1-18(28)26-21-8-3-19(4-9-21)5-12-24(29)25-17-23(27-13-15-31-16-14-27)20-6-10-22(30-2)11-7-20/h3-12,23H,13-17H2,1-2H3,(H,25,29)(H,26,28)/b12-5+. The van der Waals surface area contributed by atoms with Crippen LogP contribution in [-0.4, -0.2) is 56.7 Å². The summed E-state index contributed by atoms with van der Waals surface area (Å²) >= 11 is 0. The molecule has 7 heteroatoms. The summed E-state index contributed by atoms with van der Waals surface area (Å²) in [4.78, 5) is 25.9. The summed E-state index contributed by atoms with van der Waals surface area (Å²) in [5.41, 5.74) is 2.73. The van der Waals surface area contributed by atoms with Crippen LogP contribution in [0.15, 0.2) is 54.6 Å². The Bertz CT molecular complexity index is 888. The van der Waals surface area contributed by atoms with E-state index in [0.717, 1.165) is 35.7 Å². The maximum absolute atomic E-state index is 12.4. The van der Waals surface area contributed by atoms with Crippen molar-refractivity contribution in [2.75, 3.05) is 45.3 Å². The zero-order valence-corrected chi connectivity index (χ0v) is 18.0. The minimum Gasteiger partial charge on any atom is -0.497 e. The first-order valence-electron chi connectivity index (χ1n) is 10.3.